The van der Waals surface area contributed by atoms with Crippen molar-refractivity contribution in [3.8, 4) is 0 Å². The fourth-order valence-electron chi connectivity index (χ4n) is 2.28. The summed E-state index contributed by atoms with van der Waals surface area (Å²) in [5.41, 5.74) is 0. The minimum Gasteiger partial charge on any atom is -0.355 e. The highest BCUT2D eigenvalue weighted by Gasteiger charge is 2.42. The van der Waals surface area contributed by atoms with Crippen LogP contribution in [0.3, 0.4) is 0 Å². The molecule has 1 aliphatic rings. The molecule has 1 rings (SSSR count). The highest BCUT2D eigenvalue weighted by molar-refractivity contribution is 5.78. The van der Waals surface area contributed by atoms with Gasteiger partial charge in [0.25, 0.3) is 0 Å². The molecule has 2 N–H and O–H groups in total. The molecular weight excluding hydrogens is 245 g/mol. The number of carbonyl (C=O) groups is 1. The smallest absolute Gasteiger partial charge is 0.355 e. The van der Waals surface area contributed by atoms with Crippen molar-refractivity contribution in [2.45, 2.75) is 38.8 Å². The Morgan fingerprint density at radius 2 is 1.78 bits per heavy atom. The van der Waals surface area contributed by atoms with Crippen molar-refractivity contribution in [2.24, 2.45) is 11.8 Å². The summed E-state index contributed by atoms with van der Waals surface area (Å²) in [5.74, 6) is -1.57. The van der Waals surface area contributed by atoms with Crippen LogP contribution in [0, 0.1) is 11.8 Å². The molecule has 0 radical (unpaired) electrons. The zero-order valence-corrected chi connectivity index (χ0v) is 10.6. The molecule has 0 unspecified atom stereocenters. The Morgan fingerprint density at radius 3 is 2.28 bits per heavy atom. The minimum absolute atomic E-state index is 0.0782. The van der Waals surface area contributed by atoms with E-state index in [1.54, 1.807) is 0 Å². The van der Waals surface area contributed by atoms with Crippen LogP contribution in [0.25, 0.3) is 0 Å². The maximum absolute atomic E-state index is 12.4. The van der Waals surface area contributed by atoms with Crippen LogP contribution < -0.4 is 10.6 Å². The first-order valence-electron chi connectivity index (χ1n) is 6.50. The zero-order chi connectivity index (χ0) is 13.6. The number of rotatable bonds is 5. The number of amides is 1. The fourth-order valence-corrected chi connectivity index (χ4v) is 2.28. The summed E-state index contributed by atoms with van der Waals surface area (Å²) in [4.78, 5) is 11.7. The molecule has 1 saturated carbocycles. The lowest BCUT2D eigenvalue weighted by atomic mass is 9.81. The van der Waals surface area contributed by atoms with Crippen molar-refractivity contribution in [3.05, 3.63) is 0 Å². The summed E-state index contributed by atoms with van der Waals surface area (Å²) in [5, 5.41) is 5.83. The van der Waals surface area contributed by atoms with Crippen molar-refractivity contribution in [2.75, 3.05) is 19.6 Å². The summed E-state index contributed by atoms with van der Waals surface area (Å²) in [6.45, 7) is 4.04. The molecule has 1 amide bonds. The van der Waals surface area contributed by atoms with Gasteiger partial charge in [-0.3, -0.25) is 4.79 Å². The van der Waals surface area contributed by atoms with Gasteiger partial charge >= 0.3 is 6.18 Å². The molecule has 0 aromatic carbocycles. The maximum Gasteiger partial charge on any atom is 0.391 e. The van der Waals surface area contributed by atoms with Gasteiger partial charge in [-0.25, -0.2) is 0 Å². The Kier molecular flexibility index (Phi) is 5.91. The average molecular weight is 266 g/mol. The third-order valence-electron chi connectivity index (χ3n) is 3.41. The van der Waals surface area contributed by atoms with E-state index in [4.69, 9.17) is 0 Å². The maximum atomic E-state index is 12.4. The van der Waals surface area contributed by atoms with Gasteiger partial charge in [0.15, 0.2) is 0 Å². The molecule has 0 heterocycles. The number of hydrogen-bond acceptors (Lipinski definition) is 2. The van der Waals surface area contributed by atoms with Crippen LogP contribution in [0.5, 0.6) is 0 Å². The van der Waals surface area contributed by atoms with E-state index in [2.05, 4.69) is 10.6 Å². The lowest BCUT2D eigenvalue weighted by Crippen LogP contribution is -2.38. The van der Waals surface area contributed by atoms with Gasteiger partial charge in [-0.05, 0) is 32.2 Å². The number of nitrogens with one attached hydrogen (secondary N) is 2. The van der Waals surface area contributed by atoms with Crippen molar-refractivity contribution >= 4 is 5.91 Å². The molecule has 0 spiro atoms. The highest BCUT2D eigenvalue weighted by Crippen LogP contribution is 2.39. The van der Waals surface area contributed by atoms with E-state index in [1.807, 2.05) is 6.92 Å². The van der Waals surface area contributed by atoms with Crippen LogP contribution in [-0.4, -0.2) is 31.7 Å². The first-order chi connectivity index (χ1) is 8.45. The Balaban J connectivity index is 2.23. The second-order valence-corrected chi connectivity index (χ2v) is 4.73. The molecule has 3 nitrogen and oxygen atoms in total. The highest BCUT2D eigenvalue weighted by atomic mass is 19.4. The molecule has 0 aliphatic heterocycles. The Bertz CT molecular complexity index is 261. The molecule has 106 valence electrons. The first kappa shape index (κ1) is 15.3. The monoisotopic (exact) mass is 266 g/mol. The molecule has 0 saturated heterocycles. The lowest BCUT2D eigenvalue weighted by molar-refractivity contribution is -0.184. The zero-order valence-electron chi connectivity index (χ0n) is 10.6. The molecule has 1 aliphatic carbocycles. The van der Waals surface area contributed by atoms with Crippen molar-refractivity contribution in [3.63, 3.8) is 0 Å². The van der Waals surface area contributed by atoms with Crippen LogP contribution in [-0.2, 0) is 4.79 Å². The van der Waals surface area contributed by atoms with E-state index in [1.165, 1.54) is 0 Å². The molecule has 1 fully saturated rings. The number of alkyl halides is 3. The molecule has 18 heavy (non-hydrogen) atoms. The van der Waals surface area contributed by atoms with Crippen LogP contribution in [0.2, 0.25) is 0 Å². The topological polar surface area (TPSA) is 41.1 Å². The molecule has 0 aromatic rings. The largest absolute Gasteiger partial charge is 0.391 e. The SMILES string of the molecule is CCNCCNC(=O)C1CCC(C(F)(F)F)CC1. The van der Waals surface area contributed by atoms with Crippen LogP contribution in [0.15, 0.2) is 0 Å². The van der Waals surface area contributed by atoms with Gasteiger partial charge in [-0.15, -0.1) is 0 Å². The van der Waals surface area contributed by atoms with Crippen molar-refractivity contribution in [1.82, 2.24) is 10.6 Å². The van der Waals surface area contributed by atoms with E-state index in [0.29, 0.717) is 25.9 Å². The van der Waals surface area contributed by atoms with Gasteiger partial charge < -0.3 is 10.6 Å². The molecule has 0 bridgehead atoms. The normalized spacial score (nSPS) is 24.9. The molecule has 6 heteroatoms. The van der Waals surface area contributed by atoms with Gasteiger partial charge in [-0.2, -0.15) is 13.2 Å². The van der Waals surface area contributed by atoms with Crippen molar-refractivity contribution in [1.29, 1.82) is 0 Å². The van der Waals surface area contributed by atoms with Gasteiger partial charge in [-0.1, -0.05) is 6.92 Å². The summed E-state index contributed by atoms with van der Waals surface area (Å²) < 4.78 is 37.3. The Morgan fingerprint density at radius 1 is 1.17 bits per heavy atom. The molecular formula is C12H21F3N2O. The van der Waals surface area contributed by atoms with Crippen LogP contribution in [0.1, 0.15) is 32.6 Å². The van der Waals surface area contributed by atoms with E-state index in [-0.39, 0.29) is 24.7 Å². The Labute approximate surface area is 106 Å². The number of carbonyl (C=O) groups excluding carboxylic acids is 1. The summed E-state index contributed by atoms with van der Waals surface area (Å²) >= 11 is 0. The van der Waals surface area contributed by atoms with Gasteiger partial charge in [0.05, 0.1) is 5.92 Å². The van der Waals surface area contributed by atoms with Crippen LogP contribution in [0.4, 0.5) is 13.2 Å². The number of halogens is 3. The van der Waals surface area contributed by atoms with Crippen LogP contribution >= 0.6 is 0 Å². The average Bonchev–Trinajstić information content (AvgIpc) is 2.33. The van der Waals surface area contributed by atoms with Gasteiger partial charge in [0, 0.05) is 19.0 Å². The summed E-state index contributed by atoms with van der Waals surface area (Å²) in [6.07, 6.45) is -3.26. The number of hydrogen-bond donors (Lipinski definition) is 2. The Hall–Kier alpha value is -0.780. The molecule has 0 aromatic heterocycles. The van der Waals surface area contributed by atoms with E-state index < -0.39 is 12.1 Å². The standard InChI is InChI=1S/C12H21F3N2O/c1-2-16-7-8-17-11(18)9-3-5-10(6-4-9)12(13,14)15/h9-10,16H,2-8H2,1H3,(H,17,18). The lowest BCUT2D eigenvalue weighted by Gasteiger charge is -2.29. The predicted octanol–water partition coefficient (Wildman–Crippen LogP) is 2.08. The summed E-state index contributed by atoms with van der Waals surface area (Å²) in [6, 6.07) is 0. The molecule has 0 atom stereocenters. The second kappa shape index (κ2) is 6.97. The van der Waals surface area contributed by atoms with E-state index >= 15 is 0 Å². The first-order valence-corrected chi connectivity index (χ1v) is 6.50. The predicted molar refractivity (Wildman–Crippen MR) is 63.1 cm³/mol. The third-order valence-corrected chi connectivity index (χ3v) is 3.41. The number of likely N-dealkylation sites (N-methyl/N-ethyl adjacent to an activating group) is 1. The summed E-state index contributed by atoms with van der Waals surface area (Å²) in [7, 11) is 0. The van der Waals surface area contributed by atoms with E-state index in [9.17, 15) is 18.0 Å². The van der Waals surface area contributed by atoms with Gasteiger partial charge in [0.2, 0.25) is 5.91 Å². The quantitative estimate of drug-likeness (QED) is 0.748. The third kappa shape index (κ3) is 4.84. The van der Waals surface area contributed by atoms with Crippen molar-refractivity contribution < 1.29 is 18.0 Å². The van der Waals surface area contributed by atoms with E-state index in [0.717, 1.165) is 6.54 Å². The van der Waals surface area contributed by atoms with Gasteiger partial charge in [0.1, 0.15) is 0 Å². The second-order valence-electron chi connectivity index (χ2n) is 4.73. The minimum atomic E-state index is -4.10. The fraction of sp³-hybridized carbons (Fsp3) is 0.917.